The van der Waals surface area contributed by atoms with Gasteiger partial charge in [0.1, 0.15) is 0 Å². The summed E-state index contributed by atoms with van der Waals surface area (Å²) in [5.41, 5.74) is 1.98. The van der Waals surface area contributed by atoms with Gasteiger partial charge in [0, 0.05) is 15.8 Å². The number of fused-ring (bicyclic) bond motifs is 4. The number of hydrogen-bond acceptors (Lipinski definition) is 2. The van der Waals surface area contributed by atoms with Crippen LogP contribution in [0.3, 0.4) is 0 Å². The fourth-order valence-corrected chi connectivity index (χ4v) is 5.63. The molecule has 2 aliphatic carbocycles. The van der Waals surface area contributed by atoms with Gasteiger partial charge in [-0.15, -0.1) is 0 Å². The molecule has 2 aromatic carbocycles. The standard InChI is InChI=1S/C20H20N2OS/c23-20(21-15-12-13-9-10-14(15)11-13)22-16-5-1-3-7-18(16)24-19-8-4-2-6-17(19)22/h1-8,13-15H,9-12H2,(H,21,23)/t13-,14+,15-/m0/s1. The van der Waals surface area contributed by atoms with Crippen molar-refractivity contribution in [3.63, 3.8) is 0 Å². The molecule has 0 radical (unpaired) electrons. The highest BCUT2D eigenvalue weighted by Gasteiger charge is 2.41. The first kappa shape index (κ1) is 14.4. The van der Waals surface area contributed by atoms with E-state index in [2.05, 4.69) is 17.4 Å². The summed E-state index contributed by atoms with van der Waals surface area (Å²) in [6.45, 7) is 0. The molecule has 2 aromatic rings. The van der Waals surface area contributed by atoms with E-state index < -0.39 is 0 Å². The Hall–Kier alpha value is -1.94. The lowest BCUT2D eigenvalue weighted by molar-refractivity contribution is 0.238. The van der Waals surface area contributed by atoms with E-state index in [4.69, 9.17) is 0 Å². The van der Waals surface area contributed by atoms with Crippen LogP contribution in [-0.2, 0) is 0 Å². The maximum atomic E-state index is 13.2. The molecule has 24 heavy (non-hydrogen) atoms. The zero-order valence-electron chi connectivity index (χ0n) is 13.4. The van der Waals surface area contributed by atoms with Crippen molar-refractivity contribution >= 4 is 29.2 Å². The molecule has 2 fully saturated rings. The summed E-state index contributed by atoms with van der Waals surface area (Å²) in [4.78, 5) is 17.3. The van der Waals surface area contributed by atoms with Crippen LogP contribution in [0.1, 0.15) is 25.7 Å². The third-order valence-corrected chi connectivity index (χ3v) is 6.81. The van der Waals surface area contributed by atoms with Gasteiger partial charge in [0.15, 0.2) is 0 Å². The molecule has 0 unspecified atom stereocenters. The van der Waals surface area contributed by atoms with Gasteiger partial charge in [-0.1, -0.05) is 42.4 Å². The fraction of sp³-hybridized carbons (Fsp3) is 0.350. The van der Waals surface area contributed by atoms with Crippen molar-refractivity contribution < 1.29 is 4.79 Å². The lowest BCUT2D eigenvalue weighted by Gasteiger charge is -2.33. The van der Waals surface area contributed by atoms with E-state index in [1.54, 1.807) is 11.8 Å². The molecule has 1 N–H and O–H groups in total. The van der Waals surface area contributed by atoms with Gasteiger partial charge in [-0.3, -0.25) is 4.90 Å². The quantitative estimate of drug-likeness (QED) is 0.777. The molecule has 0 saturated heterocycles. The second-order valence-electron chi connectivity index (χ2n) is 7.10. The first-order chi connectivity index (χ1) is 11.8. The minimum absolute atomic E-state index is 0.0211. The van der Waals surface area contributed by atoms with Gasteiger partial charge >= 0.3 is 6.03 Å². The van der Waals surface area contributed by atoms with Crippen molar-refractivity contribution in [2.75, 3.05) is 4.90 Å². The van der Waals surface area contributed by atoms with Crippen molar-refractivity contribution in [2.45, 2.75) is 41.5 Å². The molecule has 0 spiro atoms. The molecule has 1 heterocycles. The molecular formula is C20H20N2OS. The predicted octanol–water partition coefficient (Wildman–Crippen LogP) is 5.19. The van der Waals surface area contributed by atoms with Gasteiger partial charge in [-0.25, -0.2) is 4.79 Å². The van der Waals surface area contributed by atoms with Gasteiger partial charge in [-0.2, -0.15) is 0 Å². The smallest absolute Gasteiger partial charge is 0.326 e. The number of carbonyl (C=O) groups excluding carboxylic acids is 1. The fourth-order valence-electron chi connectivity index (χ4n) is 4.57. The highest BCUT2D eigenvalue weighted by atomic mass is 32.2. The lowest BCUT2D eigenvalue weighted by atomic mass is 9.95. The number of hydrogen-bond donors (Lipinski definition) is 1. The normalized spacial score (nSPS) is 26.8. The van der Waals surface area contributed by atoms with Crippen molar-refractivity contribution in [2.24, 2.45) is 11.8 Å². The Morgan fingerprint density at radius 3 is 2.21 bits per heavy atom. The minimum atomic E-state index is 0.0211. The largest absolute Gasteiger partial charge is 0.334 e. The van der Waals surface area contributed by atoms with Crippen molar-refractivity contribution in [3.05, 3.63) is 48.5 Å². The van der Waals surface area contributed by atoms with Crippen molar-refractivity contribution in [3.8, 4) is 0 Å². The minimum Gasteiger partial charge on any atom is -0.334 e. The van der Waals surface area contributed by atoms with Crippen LogP contribution in [0.5, 0.6) is 0 Å². The Morgan fingerprint density at radius 2 is 1.62 bits per heavy atom. The van der Waals surface area contributed by atoms with E-state index >= 15 is 0 Å². The van der Waals surface area contributed by atoms with Gasteiger partial charge in [-0.05, 0) is 55.4 Å². The van der Waals surface area contributed by atoms with Crippen LogP contribution in [0, 0.1) is 11.8 Å². The first-order valence-corrected chi connectivity index (χ1v) is 9.58. The molecule has 2 bridgehead atoms. The molecular weight excluding hydrogens is 316 g/mol. The second kappa shape index (κ2) is 5.55. The molecule has 2 saturated carbocycles. The molecule has 3 aliphatic rings. The molecule has 1 aliphatic heterocycles. The van der Waals surface area contributed by atoms with Crippen LogP contribution in [0.15, 0.2) is 58.3 Å². The summed E-state index contributed by atoms with van der Waals surface area (Å²) in [5.74, 6) is 1.51. The second-order valence-corrected chi connectivity index (χ2v) is 8.19. The van der Waals surface area contributed by atoms with Crippen LogP contribution in [-0.4, -0.2) is 12.1 Å². The number of amides is 2. The predicted molar refractivity (Wildman–Crippen MR) is 96.9 cm³/mol. The van der Waals surface area contributed by atoms with E-state index in [9.17, 15) is 4.79 Å². The number of carbonyl (C=O) groups is 1. The molecule has 3 atom stereocenters. The number of urea groups is 1. The summed E-state index contributed by atoms with van der Waals surface area (Å²) in [7, 11) is 0. The lowest BCUT2D eigenvalue weighted by Crippen LogP contribution is -2.45. The molecule has 2 amide bonds. The Kier molecular flexibility index (Phi) is 3.33. The van der Waals surface area contributed by atoms with E-state index in [1.165, 1.54) is 19.3 Å². The third kappa shape index (κ3) is 2.24. The van der Waals surface area contributed by atoms with E-state index in [-0.39, 0.29) is 6.03 Å². The number of benzene rings is 2. The summed E-state index contributed by atoms with van der Waals surface area (Å²) in [6, 6.07) is 16.7. The number of anilines is 2. The zero-order valence-corrected chi connectivity index (χ0v) is 14.3. The van der Waals surface area contributed by atoms with E-state index in [1.807, 2.05) is 41.3 Å². The number of para-hydroxylation sites is 2. The number of rotatable bonds is 1. The Bertz CT molecular complexity index is 760. The molecule has 122 valence electrons. The average Bonchev–Trinajstić information content (AvgIpc) is 3.22. The number of nitrogens with zero attached hydrogens (tertiary/aromatic N) is 1. The van der Waals surface area contributed by atoms with Gasteiger partial charge in [0.25, 0.3) is 0 Å². The van der Waals surface area contributed by atoms with Crippen LogP contribution in [0.2, 0.25) is 0 Å². The number of nitrogens with one attached hydrogen (secondary N) is 1. The van der Waals surface area contributed by atoms with Crippen LogP contribution in [0.4, 0.5) is 16.2 Å². The highest BCUT2D eigenvalue weighted by Crippen LogP contribution is 2.48. The summed E-state index contributed by atoms with van der Waals surface area (Å²) >= 11 is 1.74. The molecule has 4 heteroatoms. The maximum Gasteiger partial charge on any atom is 0.326 e. The van der Waals surface area contributed by atoms with Crippen LogP contribution in [0.25, 0.3) is 0 Å². The summed E-state index contributed by atoms with van der Waals surface area (Å²) in [5, 5.41) is 3.34. The molecule has 0 aromatic heterocycles. The zero-order chi connectivity index (χ0) is 16.1. The van der Waals surface area contributed by atoms with E-state index in [0.717, 1.165) is 33.5 Å². The van der Waals surface area contributed by atoms with E-state index in [0.29, 0.717) is 12.0 Å². The summed E-state index contributed by atoms with van der Waals surface area (Å²) < 4.78 is 0. The average molecular weight is 336 g/mol. The molecule has 5 rings (SSSR count). The van der Waals surface area contributed by atoms with Crippen molar-refractivity contribution in [1.82, 2.24) is 5.32 Å². The highest BCUT2D eigenvalue weighted by molar-refractivity contribution is 7.99. The monoisotopic (exact) mass is 336 g/mol. The topological polar surface area (TPSA) is 32.3 Å². The van der Waals surface area contributed by atoms with Crippen LogP contribution >= 0.6 is 11.8 Å². The SMILES string of the molecule is O=C(N[C@H]1C[C@H]2CC[C@@H]1C2)N1c2ccccc2Sc2ccccc21. The van der Waals surface area contributed by atoms with Crippen LogP contribution < -0.4 is 10.2 Å². The van der Waals surface area contributed by atoms with Gasteiger partial charge in [0.05, 0.1) is 11.4 Å². The van der Waals surface area contributed by atoms with Crippen molar-refractivity contribution in [1.29, 1.82) is 0 Å². The Labute approximate surface area is 146 Å². The maximum absolute atomic E-state index is 13.2. The summed E-state index contributed by atoms with van der Waals surface area (Å²) in [6.07, 6.45) is 5.08. The molecule has 3 nitrogen and oxygen atoms in total. The third-order valence-electron chi connectivity index (χ3n) is 5.68. The van der Waals surface area contributed by atoms with Gasteiger partial charge in [0.2, 0.25) is 0 Å². The van der Waals surface area contributed by atoms with Gasteiger partial charge < -0.3 is 5.32 Å². The Morgan fingerprint density at radius 1 is 0.958 bits per heavy atom. The first-order valence-electron chi connectivity index (χ1n) is 8.76. The Balaban J connectivity index is 1.49.